The molecule has 2 atom stereocenters. The van der Waals surface area contributed by atoms with E-state index >= 15 is 0 Å². The summed E-state index contributed by atoms with van der Waals surface area (Å²) in [5, 5.41) is 13.9. The molecular weight excluding hydrogens is 210 g/mol. The molecule has 2 unspecified atom stereocenters. The van der Waals surface area contributed by atoms with Crippen LogP contribution in [0.3, 0.4) is 0 Å². The van der Waals surface area contributed by atoms with Crippen LogP contribution in [0, 0.1) is 0 Å². The molecule has 2 nitrogen and oxygen atoms in total. The van der Waals surface area contributed by atoms with Crippen LogP contribution in [0.2, 0.25) is 0 Å². The van der Waals surface area contributed by atoms with Gasteiger partial charge in [-0.15, -0.1) is 0 Å². The van der Waals surface area contributed by atoms with Gasteiger partial charge in [0.05, 0.1) is 6.10 Å². The Morgan fingerprint density at radius 3 is 2.53 bits per heavy atom. The van der Waals surface area contributed by atoms with Crippen molar-refractivity contribution in [3.8, 4) is 0 Å². The highest BCUT2D eigenvalue weighted by molar-refractivity contribution is 5.21. The van der Waals surface area contributed by atoms with Crippen LogP contribution in [0.4, 0.5) is 0 Å². The highest BCUT2D eigenvalue weighted by Crippen LogP contribution is 2.41. The van der Waals surface area contributed by atoms with Gasteiger partial charge in [-0.25, -0.2) is 0 Å². The van der Waals surface area contributed by atoms with Crippen LogP contribution in [0.15, 0.2) is 30.3 Å². The molecule has 1 spiro atoms. The maximum Gasteiger partial charge on any atom is 0.0576 e. The van der Waals surface area contributed by atoms with Crippen LogP contribution >= 0.6 is 0 Å². The molecule has 2 fully saturated rings. The Labute approximate surface area is 103 Å². The topological polar surface area (TPSA) is 32.3 Å². The van der Waals surface area contributed by atoms with Crippen molar-refractivity contribution in [2.24, 2.45) is 0 Å². The number of hydrogen-bond donors (Lipinski definition) is 2. The Bertz CT molecular complexity index is 370. The molecule has 0 amide bonds. The second-order valence-electron chi connectivity index (χ2n) is 5.69. The molecule has 17 heavy (non-hydrogen) atoms. The van der Waals surface area contributed by atoms with Crippen molar-refractivity contribution in [2.75, 3.05) is 0 Å². The van der Waals surface area contributed by atoms with Gasteiger partial charge in [0.2, 0.25) is 0 Å². The molecule has 1 heterocycles. The summed E-state index contributed by atoms with van der Waals surface area (Å²) in [6.45, 7) is 0. The average molecular weight is 231 g/mol. The third kappa shape index (κ3) is 2.24. The van der Waals surface area contributed by atoms with Gasteiger partial charge in [-0.2, -0.15) is 0 Å². The largest absolute Gasteiger partial charge is 0.393 e. The zero-order chi connectivity index (χ0) is 11.7. The van der Waals surface area contributed by atoms with Gasteiger partial charge in [0.1, 0.15) is 0 Å². The molecule has 0 aromatic heterocycles. The maximum absolute atomic E-state index is 10.1. The first kappa shape index (κ1) is 11.2. The molecule has 1 aliphatic heterocycles. The third-order valence-corrected chi connectivity index (χ3v) is 4.38. The molecule has 1 aromatic carbocycles. The first-order valence-corrected chi connectivity index (χ1v) is 6.78. The molecule has 2 heteroatoms. The van der Waals surface area contributed by atoms with Gasteiger partial charge >= 0.3 is 0 Å². The van der Waals surface area contributed by atoms with Gasteiger partial charge in [-0.3, -0.25) is 0 Å². The maximum atomic E-state index is 10.1. The molecule has 1 saturated carbocycles. The molecule has 2 aliphatic rings. The number of piperidine rings is 1. The molecule has 1 saturated heterocycles. The second-order valence-corrected chi connectivity index (χ2v) is 5.69. The fourth-order valence-corrected chi connectivity index (χ4v) is 3.60. The van der Waals surface area contributed by atoms with Gasteiger partial charge in [-0.05, 0) is 31.2 Å². The van der Waals surface area contributed by atoms with Crippen molar-refractivity contribution in [1.29, 1.82) is 0 Å². The van der Waals surface area contributed by atoms with Crippen molar-refractivity contribution in [2.45, 2.75) is 56.2 Å². The van der Waals surface area contributed by atoms with E-state index in [-0.39, 0.29) is 11.6 Å². The van der Waals surface area contributed by atoms with E-state index in [1.165, 1.54) is 31.2 Å². The summed E-state index contributed by atoms with van der Waals surface area (Å²) in [5.74, 6) is 0. The van der Waals surface area contributed by atoms with E-state index in [2.05, 4.69) is 29.6 Å². The molecule has 92 valence electrons. The van der Waals surface area contributed by atoms with Crippen LogP contribution in [0.1, 0.15) is 50.1 Å². The molecular formula is C15H21NO. The summed E-state index contributed by atoms with van der Waals surface area (Å²) in [5.41, 5.74) is 1.54. The lowest BCUT2D eigenvalue weighted by molar-refractivity contribution is 0.0547. The fourth-order valence-electron chi connectivity index (χ4n) is 3.60. The number of nitrogens with one attached hydrogen (secondary N) is 1. The summed E-state index contributed by atoms with van der Waals surface area (Å²) in [6.07, 6.45) is 6.73. The quantitative estimate of drug-likeness (QED) is 0.779. The lowest BCUT2D eigenvalue weighted by atomic mass is 9.81. The Morgan fingerprint density at radius 2 is 1.82 bits per heavy atom. The normalized spacial score (nSPS) is 31.8. The minimum absolute atomic E-state index is 0.139. The molecule has 0 radical (unpaired) electrons. The average Bonchev–Trinajstić information content (AvgIpc) is 2.77. The van der Waals surface area contributed by atoms with E-state index in [4.69, 9.17) is 0 Å². The smallest absolute Gasteiger partial charge is 0.0576 e. The predicted molar refractivity (Wildman–Crippen MR) is 68.8 cm³/mol. The summed E-state index contributed by atoms with van der Waals surface area (Å²) < 4.78 is 0. The van der Waals surface area contributed by atoms with Crippen molar-refractivity contribution < 1.29 is 5.11 Å². The van der Waals surface area contributed by atoms with E-state index in [9.17, 15) is 5.11 Å². The zero-order valence-electron chi connectivity index (χ0n) is 10.2. The zero-order valence-corrected chi connectivity index (χ0v) is 10.2. The summed E-state index contributed by atoms with van der Waals surface area (Å²) in [4.78, 5) is 0. The Morgan fingerprint density at radius 1 is 1.12 bits per heavy atom. The van der Waals surface area contributed by atoms with Crippen molar-refractivity contribution >= 4 is 0 Å². The first-order valence-electron chi connectivity index (χ1n) is 6.78. The summed E-state index contributed by atoms with van der Waals surface area (Å²) in [7, 11) is 0. The van der Waals surface area contributed by atoms with E-state index in [0.29, 0.717) is 6.04 Å². The second kappa shape index (κ2) is 4.43. The Balaban J connectivity index is 1.82. The monoisotopic (exact) mass is 231 g/mol. The molecule has 3 rings (SSSR count). The summed E-state index contributed by atoms with van der Waals surface area (Å²) >= 11 is 0. The van der Waals surface area contributed by atoms with E-state index < -0.39 is 0 Å². The molecule has 1 aromatic rings. The standard InChI is InChI=1S/C15H21NO/c17-13-10-14(12-6-2-1-3-7-12)16-15(11-13)8-4-5-9-15/h1-3,6-7,13-14,16-17H,4-5,8-11H2. The minimum Gasteiger partial charge on any atom is -0.393 e. The van der Waals surface area contributed by atoms with Crippen LogP contribution in [0.5, 0.6) is 0 Å². The Hall–Kier alpha value is -0.860. The number of rotatable bonds is 1. The first-order chi connectivity index (χ1) is 8.27. The highest BCUT2D eigenvalue weighted by atomic mass is 16.3. The van der Waals surface area contributed by atoms with Crippen molar-refractivity contribution in [3.63, 3.8) is 0 Å². The minimum atomic E-state index is -0.139. The summed E-state index contributed by atoms with van der Waals surface area (Å²) in [6, 6.07) is 10.9. The fraction of sp³-hybridized carbons (Fsp3) is 0.600. The lowest BCUT2D eigenvalue weighted by Crippen LogP contribution is -2.52. The van der Waals surface area contributed by atoms with Crippen LogP contribution in [-0.2, 0) is 0 Å². The molecule has 1 aliphatic carbocycles. The number of aliphatic hydroxyl groups is 1. The van der Waals surface area contributed by atoms with Gasteiger partial charge < -0.3 is 10.4 Å². The van der Waals surface area contributed by atoms with Crippen LogP contribution in [0.25, 0.3) is 0 Å². The highest BCUT2D eigenvalue weighted by Gasteiger charge is 2.41. The van der Waals surface area contributed by atoms with Crippen LogP contribution in [-0.4, -0.2) is 16.7 Å². The lowest BCUT2D eigenvalue weighted by Gasteiger charge is -2.42. The van der Waals surface area contributed by atoms with Crippen molar-refractivity contribution in [3.05, 3.63) is 35.9 Å². The van der Waals surface area contributed by atoms with E-state index in [0.717, 1.165) is 12.8 Å². The van der Waals surface area contributed by atoms with E-state index in [1.54, 1.807) is 0 Å². The van der Waals surface area contributed by atoms with E-state index in [1.807, 2.05) is 6.07 Å². The van der Waals surface area contributed by atoms with Gasteiger partial charge in [-0.1, -0.05) is 43.2 Å². The van der Waals surface area contributed by atoms with Gasteiger partial charge in [0.25, 0.3) is 0 Å². The SMILES string of the molecule is OC1CC(c2ccccc2)NC2(CCCC2)C1. The van der Waals surface area contributed by atoms with Crippen molar-refractivity contribution in [1.82, 2.24) is 5.32 Å². The van der Waals surface area contributed by atoms with Gasteiger partial charge in [0, 0.05) is 11.6 Å². The molecule has 0 bridgehead atoms. The number of benzene rings is 1. The number of aliphatic hydroxyl groups excluding tert-OH is 1. The van der Waals surface area contributed by atoms with Crippen LogP contribution < -0.4 is 5.32 Å². The predicted octanol–water partition coefficient (Wildman–Crippen LogP) is 2.78. The number of hydrogen-bond acceptors (Lipinski definition) is 2. The van der Waals surface area contributed by atoms with Gasteiger partial charge in [0.15, 0.2) is 0 Å². The Kier molecular flexibility index (Phi) is 2.93. The molecule has 2 N–H and O–H groups in total. The third-order valence-electron chi connectivity index (χ3n) is 4.38.